The van der Waals surface area contributed by atoms with E-state index in [2.05, 4.69) is 51.8 Å². The Labute approximate surface area is 228 Å². The first-order valence-corrected chi connectivity index (χ1v) is 12.5. The number of pyridine rings is 2. The summed E-state index contributed by atoms with van der Waals surface area (Å²) in [7, 11) is 0. The molecule has 0 aliphatic rings. The largest absolute Gasteiger partial charge is 0.388 e. The van der Waals surface area contributed by atoms with Gasteiger partial charge in [-0.05, 0) is 73.2 Å². The molecule has 2 aromatic heterocycles. The van der Waals surface area contributed by atoms with E-state index in [9.17, 15) is 14.7 Å². The second-order valence-electron chi connectivity index (χ2n) is 9.19. The summed E-state index contributed by atoms with van der Waals surface area (Å²) in [6.07, 6.45) is 4.95. The van der Waals surface area contributed by atoms with Crippen LogP contribution in [0.3, 0.4) is 0 Å². The van der Waals surface area contributed by atoms with Crippen molar-refractivity contribution < 1.29 is 14.7 Å². The molecule has 202 valence electrons. The highest BCUT2D eigenvalue weighted by Gasteiger charge is 2.09. The number of nitrogens with one attached hydrogen (secondary N) is 2. The molecule has 39 heavy (non-hydrogen) atoms. The number of aryl methyl sites for hydroxylation is 4. The lowest BCUT2D eigenvalue weighted by Gasteiger charge is -2.12. The first-order chi connectivity index (χ1) is 18.7. The van der Waals surface area contributed by atoms with Crippen LogP contribution >= 0.6 is 0 Å². The third-order valence-corrected chi connectivity index (χ3v) is 5.87. The molecule has 0 fully saturated rings. The van der Waals surface area contributed by atoms with Gasteiger partial charge in [-0.1, -0.05) is 59.7 Å². The predicted molar refractivity (Wildman–Crippen MR) is 153 cm³/mol. The molecule has 0 radical (unpaired) electrons. The van der Waals surface area contributed by atoms with E-state index >= 15 is 0 Å². The van der Waals surface area contributed by atoms with Gasteiger partial charge in [-0.25, -0.2) is 19.6 Å². The highest BCUT2D eigenvalue weighted by Crippen LogP contribution is 2.20. The number of rotatable bonds is 8. The Bertz CT molecular complexity index is 1370. The maximum Gasteiger partial charge on any atom is 0.317 e. The van der Waals surface area contributed by atoms with Gasteiger partial charge in [0.05, 0.1) is 6.10 Å². The van der Waals surface area contributed by atoms with E-state index in [0.717, 1.165) is 35.1 Å². The Balaban J connectivity index is 0.000000216. The van der Waals surface area contributed by atoms with Gasteiger partial charge in [-0.3, -0.25) is 10.6 Å². The fraction of sp³-hybridized carbons (Fsp3) is 0.200. The van der Waals surface area contributed by atoms with E-state index in [1.807, 2.05) is 43.3 Å². The quantitative estimate of drug-likeness (QED) is 0.222. The minimum Gasteiger partial charge on any atom is -0.388 e. The maximum atomic E-state index is 10.8. The van der Waals surface area contributed by atoms with Crippen LogP contribution in [0.2, 0.25) is 0 Å². The molecule has 0 spiro atoms. The van der Waals surface area contributed by atoms with Crippen molar-refractivity contribution in [3.8, 4) is 0 Å². The van der Waals surface area contributed by atoms with Crippen LogP contribution in [0, 0.1) is 13.8 Å². The highest BCUT2D eigenvalue weighted by molar-refractivity contribution is 5.87. The van der Waals surface area contributed by atoms with Crippen LogP contribution in [0.5, 0.6) is 0 Å². The van der Waals surface area contributed by atoms with Crippen LogP contribution in [0.4, 0.5) is 21.2 Å². The molecule has 0 bridgehead atoms. The third kappa shape index (κ3) is 10.3. The lowest BCUT2D eigenvalue weighted by Crippen LogP contribution is -2.20. The normalized spacial score (nSPS) is 11.1. The van der Waals surface area contributed by atoms with Gasteiger partial charge in [0.15, 0.2) is 0 Å². The molecule has 1 unspecified atom stereocenters. The van der Waals surface area contributed by atoms with E-state index in [1.54, 1.807) is 24.5 Å². The Kier molecular flexibility index (Phi) is 10.5. The van der Waals surface area contributed by atoms with Gasteiger partial charge < -0.3 is 16.6 Å². The molecule has 9 heteroatoms. The summed E-state index contributed by atoms with van der Waals surface area (Å²) < 4.78 is 0. The number of urea groups is 2. The van der Waals surface area contributed by atoms with Gasteiger partial charge >= 0.3 is 12.1 Å². The second kappa shape index (κ2) is 14.3. The highest BCUT2D eigenvalue weighted by atomic mass is 16.3. The molecule has 2 heterocycles. The van der Waals surface area contributed by atoms with Crippen molar-refractivity contribution in [1.82, 2.24) is 9.97 Å². The van der Waals surface area contributed by atoms with Crippen LogP contribution in [0.25, 0.3) is 0 Å². The van der Waals surface area contributed by atoms with Gasteiger partial charge in [0.25, 0.3) is 0 Å². The first kappa shape index (κ1) is 28.8. The summed E-state index contributed by atoms with van der Waals surface area (Å²) in [4.78, 5) is 29.6. The minimum absolute atomic E-state index is 0.381. The lowest BCUT2D eigenvalue weighted by atomic mass is 10.0. The summed E-state index contributed by atoms with van der Waals surface area (Å²) in [5.74, 6) is 0.875. The first-order valence-electron chi connectivity index (χ1n) is 12.5. The number of carbonyl (C=O) groups excluding carboxylic acids is 2. The summed E-state index contributed by atoms with van der Waals surface area (Å²) >= 11 is 0. The molecule has 0 aliphatic heterocycles. The van der Waals surface area contributed by atoms with Crippen molar-refractivity contribution in [2.24, 2.45) is 11.5 Å². The van der Waals surface area contributed by atoms with E-state index in [1.165, 1.54) is 11.1 Å². The number of nitrogens with zero attached hydrogens (tertiary/aromatic N) is 2. The minimum atomic E-state index is -0.659. The molecule has 0 saturated carbocycles. The van der Waals surface area contributed by atoms with Crippen molar-refractivity contribution in [3.05, 3.63) is 119 Å². The Morgan fingerprint density at radius 3 is 1.72 bits per heavy atom. The molecule has 7 N–H and O–H groups in total. The van der Waals surface area contributed by atoms with Crippen LogP contribution < -0.4 is 22.1 Å². The average Bonchev–Trinajstić information content (AvgIpc) is 2.89. The number of aromatic nitrogens is 2. The number of aliphatic hydroxyl groups excluding tert-OH is 1. The van der Waals surface area contributed by atoms with E-state index in [4.69, 9.17) is 11.5 Å². The summed E-state index contributed by atoms with van der Waals surface area (Å²) in [6, 6.07) is 22.3. The molecule has 0 aliphatic carbocycles. The zero-order valence-corrected chi connectivity index (χ0v) is 22.1. The zero-order valence-electron chi connectivity index (χ0n) is 22.1. The number of anilines is 2. The molecule has 1 atom stereocenters. The van der Waals surface area contributed by atoms with Crippen LogP contribution in [-0.2, 0) is 19.3 Å². The SMILES string of the molecule is Cc1ccc(C(O)Cc2ccnc(NC(N)=O)c2)cc1.Cc1ccc(CCc2ccnc(NC(N)=O)c2)cc1. The molecule has 2 aromatic carbocycles. The Morgan fingerprint density at radius 1 is 0.718 bits per heavy atom. The van der Waals surface area contributed by atoms with Crippen LogP contribution in [0.15, 0.2) is 85.2 Å². The standard InChI is InChI=1S/C15H17N3O2.C15H17N3O/c1-10-2-4-12(5-3-10)13(19)8-11-6-7-17-14(9-11)18-15(16)20;1-11-2-4-12(5-3-11)6-7-13-8-9-17-14(10-13)18-15(16)19/h2-7,9,13,19H,8H2,1H3,(H3,16,17,18,20);2-5,8-10H,6-7H2,1H3,(H3,16,17,18,19). The fourth-order valence-electron chi connectivity index (χ4n) is 3.79. The molecule has 0 saturated heterocycles. The molecule has 4 amide bonds. The van der Waals surface area contributed by atoms with Gasteiger partial charge in [0.2, 0.25) is 0 Å². The van der Waals surface area contributed by atoms with Gasteiger partial charge in [-0.15, -0.1) is 0 Å². The van der Waals surface area contributed by atoms with E-state index < -0.39 is 18.2 Å². The Morgan fingerprint density at radius 2 is 1.18 bits per heavy atom. The molecule has 4 aromatic rings. The van der Waals surface area contributed by atoms with Gasteiger partial charge in [-0.2, -0.15) is 0 Å². The number of nitrogens with two attached hydrogens (primary N) is 2. The molecular weight excluding hydrogens is 492 g/mol. The second-order valence-corrected chi connectivity index (χ2v) is 9.19. The number of carbonyl (C=O) groups is 2. The van der Waals surface area contributed by atoms with Crippen molar-refractivity contribution in [3.63, 3.8) is 0 Å². The van der Waals surface area contributed by atoms with Gasteiger partial charge in [0, 0.05) is 18.8 Å². The fourth-order valence-corrected chi connectivity index (χ4v) is 3.79. The van der Waals surface area contributed by atoms with Gasteiger partial charge in [0.1, 0.15) is 11.6 Å². The van der Waals surface area contributed by atoms with Crippen molar-refractivity contribution >= 4 is 23.7 Å². The number of amides is 4. The number of hydrogen-bond donors (Lipinski definition) is 5. The van der Waals surface area contributed by atoms with E-state index in [-0.39, 0.29) is 0 Å². The van der Waals surface area contributed by atoms with Crippen molar-refractivity contribution in [2.75, 3.05) is 10.6 Å². The number of hydrogen-bond acceptors (Lipinski definition) is 5. The number of aliphatic hydroxyl groups is 1. The number of primary amides is 2. The summed E-state index contributed by atoms with van der Waals surface area (Å²) in [5, 5.41) is 15.1. The molecular formula is C30H34N6O3. The Hall–Kier alpha value is -4.76. The molecule has 4 rings (SSSR count). The zero-order chi connectivity index (χ0) is 28.2. The number of benzene rings is 2. The van der Waals surface area contributed by atoms with Crippen LogP contribution in [0.1, 0.15) is 39.5 Å². The third-order valence-electron chi connectivity index (χ3n) is 5.87. The predicted octanol–water partition coefficient (Wildman–Crippen LogP) is 4.82. The van der Waals surface area contributed by atoms with Crippen molar-refractivity contribution in [2.45, 2.75) is 39.2 Å². The van der Waals surface area contributed by atoms with E-state index in [0.29, 0.717) is 18.1 Å². The lowest BCUT2D eigenvalue weighted by molar-refractivity contribution is 0.178. The monoisotopic (exact) mass is 526 g/mol. The summed E-state index contributed by atoms with van der Waals surface area (Å²) in [6.45, 7) is 4.08. The molecule has 9 nitrogen and oxygen atoms in total. The topological polar surface area (TPSA) is 156 Å². The average molecular weight is 527 g/mol. The van der Waals surface area contributed by atoms with Crippen LogP contribution in [-0.4, -0.2) is 27.1 Å². The maximum absolute atomic E-state index is 10.8. The summed E-state index contributed by atoms with van der Waals surface area (Å²) in [5.41, 5.74) is 16.7. The van der Waals surface area contributed by atoms with Crippen molar-refractivity contribution in [1.29, 1.82) is 0 Å². The smallest absolute Gasteiger partial charge is 0.317 e.